The van der Waals surface area contributed by atoms with E-state index in [0.29, 0.717) is 11.3 Å². The first-order valence-corrected chi connectivity index (χ1v) is 5.96. The van der Waals surface area contributed by atoms with Crippen LogP contribution in [0.5, 0.6) is 0 Å². The van der Waals surface area contributed by atoms with E-state index in [0.717, 1.165) is 5.69 Å². The van der Waals surface area contributed by atoms with Gasteiger partial charge in [-0.3, -0.25) is 9.78 Å². The van der Waals surface area contributed by atoms with Gasteiger partial charge in [0.2, 0.25) is 0 Å². The number of amides is 1. The number of aromatic nitrogens is 2. The number of aryl methyl sites for hydroxylation is 1. The zero-order valence-electron chi connectivity index (χ0n) is 10.6. The minimum absolute atomic E-state index is 0.125. The van der Waals surface area contributed by atoms with Gasteiger partial charge in [-0.2, -0.15) is 0 Å². The Kier molecular flexibility index (Phi) is 4.20. The van der Waals surface area contributed by atoms with Gasteiger partial charge in [0, 0.05) is 30.2 Å². The highest BCUT2D eigenvalue weighted by Gasteiger charge is 2.11. The van der Waals surface area contributed by atoms with Crippen molar-refractivity contribution in [3.8, 4) is 0 Å². The van der Waals surface area contributed by atoms with Gasteiger partial charge in [0.05, 0.1) is 6.10 Å². The molecule has 98 valence electrons. The monoisotopic (exact) mass is 257 g/mol. The van der Waals surface area contributed by atoms with E-state index in [-0.39, 0.29) is 12.5 Å². The Hall–Kier alpha value is -2.27. The first-order valence-electron chi connectivity index (χ1n) is 5.96. The number of carbonyl (C=O) groups is 1. The third kappa shape index (κ3) is 3.59. The highest BCUT2D eigenvalue weighted by molar-refractivity contribution is 5.92. The standard InChI is InChI=1S/C14H15N3O2/c1-10-4-2-6-12(17-10)14(19)16-9-13(18)11-5-3-7-15-8-11/h2-8,13,18H,9H2,1H3,(H,16,19). The zero-order chi connectivity index (χ0) is 13.7. The van der Waals surface area contributed by atoms with Gasteiger partial charge >= 0.3 is 0 Å². The van der Waals surface area contributed by atoms with E-state index >= 15 is 0 Å². The van der Waals surface area contributed by atoms with Crippen molar-refractivity contribution in [1.29, 1.82) is 0 Å². The van der Waals surface area contributed by atoms with Crippen molar-refractivity contribution < 1.29 is 9.90 Å². The molecule has 0 fully saturated rings. The second-order valence-corrected chi connectivity index (χ2v) is 4.18. The molecule has 1 atom stereocenters. The lowest BCUT2D eigenvalue weighted by Gasteiger charge is -2.11. The van der Waals surface area contributed by atoms with Crippen LogP contribution in [0, 0.1) is 6.92 Å². The number of aliphatic hydroxyl groups is 1. The molecule has 0 aliphatic carbocycles. The number of nitrogens with zero attached hydrogens (tertiary/aromatic N) is 2. The molecule has 0 saturated carbocycles. The van der Waals surface area contributed by atoms with E-state index in [4.69, 9.17) is 0 Å². The van der Waals surface area contributed by atoms with Crippen molar-refractivity contribution in [1.82, 2.24) is 15.3 Å². The Morgan fingerprint density at radius 1 is 1.37 bits per heavy atom. The van der Waals surface area contributed by atoms with Crippen LogP contribution in [0.15, 0.2) is 42.7 Å². The molecule has 1 unspecified atom stereocenters. The van der Waals surface area contributed by atoms with E-state index in [1.165, 1.54) is 0 Å². The van der Waals surface area contributed by atoms with Crippen LogP contribution in [0.1, 0.15) is 27.8 Å². The van der Waals surface area contributed by atoms with Gasteiger partial charge in [0.25, 0.3) is 5.91 Å². The van der Waals surface area contributed by atoms with E-state index in [1.807, 2.05) is 13.0 Å². The number of hydrogen-bond acceptors (Lipinski definition) is 4. The van der Waals surface area contributed by atoms with Crippen molar-refractivity contribution in [2.45, 2.75) is 13.0 Å². The summed E-state index contributed by atoms with van der Waals surface area (Å²) >= 11 is 0. The number of carbonyl (C=O) groups excluding carboxylic acids is 1. The molecule has 0 bridgehead atoms. The summed E-state index contributed by atoms with van der Waals surface area (Å²) in [7, 11) is 0. The molecule has 2 aromatic rings. The Labute approximate surface area is 111 Å². The fraction of sp³-hybridized carbons (Fsp3) is 0.214. The lowest BCUT2D eigenvalue weighted by Crippen LogP contribution is -2.29. The molecule has 2 heterocycles. The van der Waals surface area contributed by atoms with Crippen LogP contribution in [-0.2, 0) is 0 Å². The maximum atomic E-state index is 11.8. The number of aliphatic hydroxyl groups excluding tert-OH is 1. The summed E-state index contributed by atoms with van der Waals surface area (Å²) in [6, 6.07) is 8.73. The third-order valence-corrected chi connectivity index (χ3v) is 2.65. The first-order chi connectivity index (χ1) is 9.16. The van der Waals surface area contributed by atoms with Gasteiger partial charge in [-0.15, -0.1) is 0 Å². The van der Waals surface area contributed by atoms with Crippen LogP contribution < -0.4 is 5.32 Å². The summed E-state index contributed by atoms with van der Waals surface area (Å²) in [6.07, 6.45) is 2.43. The van der Waals surface area contributed by atoms with E-state index in [2.05, 4.69) is 15.3 Å². The highest BCUT2D eigenvalue weighted by Crippen LogP contribution is 2.09. The van der Waals surface area contributed by atoms with Crippen LogP contribution in [0.4, 0.5) is 0 Å². The van der Waals surface area contributed by atoms with Crippen LogP contribution in [0.3, 0.4) is 0 Å². The van der Waals surface area contributed by atoms with Crippen molar-refractivity contribution in [3.63, 3.8) is 0 Å². The van der Waals surface area contributed by atoms with Gasteiger partial charge < -0.3 is 10.4 Å². The van der Waals surface area contributed by atoms with Gasteiger partial charge in [-0.05, 0) is 25.1 Å². The van der Waals surface area contributed by atoms with Crippen molar-refractivity contribution in [2.24, 2.45) is 0 Å². The molecule has 0 radical (unpaired) electrons. The average molecular weight is 257 g/mol. The second kappa shape index (κ2) is 6.06. The zero-order valence-corrected chi connectivity index (χ0v) is 10.6. The number of hydrogen-bond donors (Lipinski definition) is 2. The molecule has 0 aromatic carbocycles. The number of pyridine rings is 2. The molecule has 5 nitrogen and oxygen atoms in total. The molecule has 1 amide bonds. The molecule has 0 saturated heterocycles. The van der Waals surface area contributed by atoms with Crippen LogP contribution in [0.25, 0.3) is 0 Å². The topological polar surface area (TPSA) is 75.1 Å². The van der Waals surface area contributed by atoms with Crippen LogP contribution in [-0.4, -0.2) is 27.5 Å². The van der Waals surface area contributed by atoms with E-state index in [1.54, 1.807) is 36.7 Å². The maximum Gasteiger partial charge on any atom is 0.269 e. The molecule has 2 aromatic heterocycles. The summed E-state index contributed by atoms with van der Waals surface area (Å²) in [4.78, 5) is 19.9. The molecule has 5 heteroatoms. The minimum Gasteiger partial charge on any atom is -0.387 e. The predicted molar refractivity (Wildman–Crippen MR) is 70.5 cm³/mol. The van der Waals surface area contributed by atoms with E-state index in [9.17, 15) is 9.90 Å². The summed E-state index contributed by atoms with van der Waals surface area (Å²) in [5, 5.41) is 12.5. The Morgan fingerprint density at radius 2 is 2.21 bits per heavy atom. The minimum atomic E-state index is -0.776. The predicted octanol–water partition coefficient (Wildman–Crippen LogP) is 1.25. The largest absolute Gasteiger partial charge is 0.387 e. The molecule has 2 rings (SSSR count). The molecule has 2 N–H and O–H groups in total. The Balaban J connectivity index is 1.94. The smallest absolute Gasteiger partial charge is 0.269 e. The lowest BCUT2D eigenvalue weighted by atomic mass is 10.1. The Bertz CT molecular complexity index is 558. The van der Waals surface area contributed by atoms with Gasteiger partial charge in [0.15, 0.2) is 0 Å². The quantitative estimate of drug-likeness (QED) is 0.864. The number of rotatable bonds is 4. The molecule has 0 aliphatic heterocycles. The third-order valence-electron chi connectivity index (χ3n) is 2.65. The second-order valence-electron chi connectivity index (χ2n) is 4.18. The fourth-order valence-corrected chi connectivity index (χ4v) is 1.64. The summed E-state index contributed by atoms with van der Waals surface area (Å²) < 4.78 is 0. The van der Waals surface area contributed by atoms with Gasteiger partial charge in [-0.1, -0.05) is 12.1 Å². The van der Waals surface area contributed by atoms with Crippen LogP contribution in [0.2, 0.25) is 0 Å². The molecule has 0 aliphatic rings. The van der Waals surface area contributed by atoms with Crippen LogP contribution >= 0.6 is 0 Å². The van der Waals surface area contributed by atoms with Gasteiger partial charge in [0.1, 0.15) is 5.69 Å². The molecular formula is C14H15N3O2. The molecular weight excluding hydrogens is 242 g/mol. The summed E-state index contributed by atoms with van der Waals surface area (Å²) in [5.41, 5.74) is 1.79. The fourth-order valence-electron chi connectivity index (χ4n) is 1.64. The average Bonchev–Trinajstić information content (AvgIpc) is 2.45. The lowest BCUT2D eigenvalue weighted by molar-refractivity contribution is 0.0911. The molecule has 0 spiro atoms. The maximum absolute atomic E-state index is 11.8. The normalized spacial score (nSPS) is 11.9. The Morgan fingerprint density at radius 3 is 2.89 bits per heavy atom. The summed E-state index contributed by atoms with van der Waals surface area (Å²) in [5.74, 6) is -0.299. The van der Waals surface area contributed by atoms with Crippen molar-refractivity contribution in [2.75, 3.05) is 6.54 Å². The molecule has 19 heavy (non-hydrogen) atoms. The SMILES string of the molecule is Cc1cccc(C(=O)NCC(O)c2cccnc2)n1. The highest BCUT2D eigenvalue weighted by atomic mass is 16.3. The van der Waals surface area contributed by atoms with Crippen molar-refractivity contribution >= 4 is 5.91 Å². The van der Waals surface area contributed by atoms with Gasteiger partial charge in [-0.25, -0.2) is 4.98 Å². The number of nitrogens with one attached hydrogen (secondary N) is 1. The first kappa shape index (κ1) is 13.2. The van der Waals surface area contributed by atoms with Crippen molar-refractivity contribution in [3.05, 3.63) is 59.7 Å². The van der Waals surface area contributed by atoms with E-state index < -0.39 is 6.10 Å². The summed E-state index contributed by atoms with van der Waals surface area (Å²) in [6.45, 7) is 1.95.